The van der Waals surface area contributed by atoms with Crippen LogP contribution in [0.15, 0.2) is 51.7 Å². The highest BCUT2D eigenvalue weighted by Crippen LogP contribution is 2.33. The summed E-state index contributed by atoms with van der Waals surface area (Å²) < 4.78 is 16.4. The van der Waals surface area contributed by atoms with Crippen molar-refractivity contribution in [2.45, 2.75) is 52.7 Å². The zero-order valence-electron chi connectivity index (χ0n) is 19.0. The minimum absolute atomic E-state index is 0.0969. The molecule has 3 aromatic rings. The van der Waals surface area contributed by atoms with Gasteiger partial charge in [0, 0.05) is 16.5 Å². The van der Waals surface area contributed by atoms with Crippen molar-refractivity contribution in [2.75, 3.05) is 0 Å². The van der Waals surface area contributed by atoms with Crippen LogP contribution in [0.3, 0.4) is 0 Å². The maximum absolute atomic E-state index is 12.9. The summed E-state index contributed by atoms with van der Waals surface area (Å²) in [6.45, 7) is 5.46. The second kappa shape index (κ2) is 9.48. The number of rotatable bonds is 6. The molecule has 7 heteroatoms. The lowest BCUT2D eigenvalue weighted by Crippen LogP contribution is -2.46. The first-order valence-electron chi connectivity index (χ1n) is 11.1. The molecule has 0 spiro atoms. The fraction of sp³-hybridized carbons (Fsp3) is 0.346. The number of carbonyl (C=O) groups is 2. The van der Waals surface area contributed by atoms with Crippen LogP contribution in [0.5, 0.6) is 5.75 Å². The van der Waals surface area contributed by atoms with E-state index in [1.165, 1.54) is 0 Å². The minimum Gasteiger partial charge on any atom is -0.445 e. The Morgan fingerprint density at radius 2 is 1.79 bits per heavy atom. The average molecular weight is 450 g/mol. The van der Waals surface area contributed by atoms with Crippen molar-refractivity contribution >= 4 is 23.0 Å². The molecular weight excluding hydrogens is 422 g/mol. The van der Waals surface area contributed by atoms with Crippen molar-refractivity contribution in [3.63, 3.8) is 0 Å². The number of esters is 1. The summed E-state index contributed by atoms with van der Waals surface area (Å²) in [7, 11) is 0. The molecule has 0 saturated heterocycles. The highest BCUT2D eigenvalue weighted by atomic mass is 16.6. The predicted molar refractivity (Wildman–Crippen MR) is 123 cm³/mol. The molecule has 1 aromatic heterocycles. The summed E-state index contributed by atoms with van der Waals surface area (Å²) >= 11 is 0. The molecule has 2 aromatic carbocycles. The summed E-state index contributed by atoms with van der Waals surface area (Å²) in [5.41, 5.74) is 3.28. The Hall–Kier alpha value is -3.61. The first-order chi connectivity index (χ1) is 15.8. The Morgan fingerprint density at radius 1 is 1.06 bits per heavy atom. The molecule has 0 aliphatic heterocycles. The van der Waals surface area contributed by atoms with Gasteiger partial charge < -0.3 is 19.2 Å². The monoisotopic (exact) mass is 449 g/mol. The Bertz CT molecular complexity index is 1250. The fourth-order valence-corrected chi connectivity index (χ4v) is 4.14. The first kappa shape index (κ1) is 22.6. The van der Waals surface area contributed by atoms with Gasteiger partial charge >= 0.3 is 17.7 Å². The number of ether oxygens (including phenoxy) is 2. The molecule has 0 fully saturated rings. The van der Waals surface area contributed by atoms with Crippen molar-refractivity contribution in [1.29, 1.82) is 0 Å². The Balaban J connectivity index is 1.49. The fourth-order valence-electron chi connectivity index (χ4n) is 4.14. The van der Waals surface area contributed by atoms with Crippen LogP contribution in [0.1, 0.15) is 42.5 Å². The number of benzene rings is 2. The minimum atomic E-state index is -0.907. The van der Waals surface area contributed by atoms with E-state index in [0.717, 1.165) is 41.3 Å². The van der Waals surface area contributed by atoms with E-state index in [1.807, 2.05) is 36.4 Å². The van der Waals surface area contributed by atoms with Gasteiger partial charge in [0.25, 0.3) is 0 Å². The number of nitrogens with one attached hydrogen (secondary N) is 1. The van der Waals surface area contributed by atoms with Crippen molar-refractivity contribution in [3.05, 3.63) is 75.1 Å². The van der Waals surface area contributed by atoms with Gasteiger partial charge in [-0.25, -0.2) is 14.4 Å². The summed E-state index contributed by atoms with van der Waals surface area (Å²) in [5, 5.41) is 3.47. The van der Waals surface area contributed by atoms with E-state index in [1.54, 1.807) is 26.8 Å². The zero-order valence-corrected chi connectivity index (χ0v) is 19.0. The van der Waals surface area contributed by atoms with E-state index in [2.05, 4.69) is 5.32 Å². The number of amides is 1. The van der Waals surface area contributed by atoms with Gasteiger partial charge in [-0.2, -0.15) is 0 Å². The zero-order chi connectivity index (χ0) is 23.5. The quantitative estimate of drug-likeness (QED) is 0.339. The molecular formula is C26H27NO6. The Morgan fingerprint density at radius 3 is 2.52 bits per heavy atom. The van der Waals surface area contributed by atoms with E-state index in [0.29, 0.717) is 16.9 Å². The number of aryl methyl sites for hydroxylation is 2. The molecule has 7 nitrogen and oxygen atoms in total. The van der Waals surface area contributed by atoms with Gasteiger partial charge in [0.15, 0.2) is 0 Å². The summed E-state index contributed by atoms with van der Waals surface area (Å²) in [4.78, 5) is 37.6. The summed E-state index contributed by atoms with van der Waals surface area (Å²) in [6, 6.07) is 11.9. The third-order valence-corrected chi connectivity index (χ3v) is 5.96. The predicted octanol–water partition coefficient (Wildman–Crippen LogP) is 4.45. The van der Waals surface area contributed by atoms with Crippen molar-refractivity contribution in [3.8, 4) is 5.75 Å². The third kappa shape index (κ3) is 4.77. The van der Waals surface area contributed by atoms with Crippen LogP contribution in [-0.4, -0.2) is 18.1 Å². The van der Waals surface area contributed by atoms with Crippen LogP contribution in [-0.2, 0) is 29.0 Å². The Kier molecular flexibility index (Phi) is 6.49. The SMILES string of the molecule is Cc1c(OC(=O)C(NC(=O)OCc2ccccc2)C(C)C)ccc2c3c(c(=O)oc12)CCC3. The third-order valence-electron chi connectivity index (χ3n) is 5.96. The maximum atomic E-state index is 12.9. The second-order valence-electron chi connectivity index (χ2n) is 8.61. The van der Waals surface area contributed by atoms with Crippen molar-refractivity contribution in [1.82, 2.24) is 5.32 Å². The molecule has 1 unspecified atom stereocenters. The van der Waals surface area contributed by atoms with Crippen molar-refractivity contribution < 1.29 is 23.5 Å². The van der Waals surface area contributed by atoms with Crippen LogP contribution in [0, 0.1) is 12.8 Å². The lowest BCUT2D eigenvalue weighted by Gasteiger charge is -2.21. The standard InChI is InChI=1S/C26H27NO6/c1-15(2)22(27-26(30)31-14-17-8-5-4-6-9-17)25(29)32-21-13-12-19-18-10-7-11-20(18)24(28)33-23(19)16(21)3/h4-6,8-9,12-13,15,22H,7,10-11,14H2,1-3H3,(H,27,30). The molecule has 1 atom stereocenters. The molecule has 1 N–H and O–H groups in total. The van der Waals surface area contributed by atoms with E-state index < -0.39 is 18.1 Å². The molecule has 0 radical (unpaired) electrons. The van der Waals surface area contributed by atoms with Crippen LogP contribution in [0.25, 0.3) is 11.0 Å². The number of alkyl carbamates (subject to hydrolysis) is 1. The lowest BCUT2D eigenvalue weighted by molar-refractivity contribution is -0.137. The molecule has 0 saturated carbocycles. The number of carbonyl (C=O) groups excluding carboxylic acids is 2. The molecule has 4 rings (SSSR count). The van der Waals surface area contributed by atoms with Crippen LogP contribution >= 0.6 is 0 Å². The van der Waals surface area contributed by atoms with Crippen molar-refractivity contribution in [2.24, 2.45) is 5.92 Å². The van der Waals surface area contributed by atoms with E-state index in [9.17, 15) is 14.4 Å². The largest absolute Gasteiger partial charge is 0.445 e. The van der Waals surface area contributed by atoms with E-state index >= 15 is 0 Å². The van der Waals surface area contributed by atoms with Gasteiger partial charge in [0.2, 0.25) is 0 Å². The number of hydrogen-bond acceptors (Lipinski definition) is 6. The van der Waals surface area contributed by atoms with Crippen LogP contribution in [0.2, 0.25) is 0 Å². The van der Waals surface area contributed by atoms with Crippen LogP contribution in [0.4, 0.5) is 4.79 Å². The average Bonchev–Trinajstić information content (AvgIpc) is 3.30. The highest BCUT2D eigenvalue weighted by Gasteiger charge is 2.28. The van der Waals surface area contributed by atoms with Crippen LogP contribution < -0.4 is 15.7 Å². The lowest BCUT2D eigenvalue weighted by atomic mass is 10.0. The highest BCUT2D eigenvalue weighted by molar-refractivity contribution is 5.88. The number of fused-ring (bicyclic) bond motifs is 3. The molecule has 0 bridgehead atoms. The second-order valence-corrected chi connectivity index (χ2v) is 8.61. The molecule has 1 aliphatic carbocycles. The van der Waals surface area contributed by atoms with Gasteiger partial charge in [-0.3, -0.25) is 0 Å². The molecule has 1 amide bonds. The molecule has 1 aliphatic rings. The summed E-state index contributed by atoms with van der Waals surface area (Å²) in [5.74, 6) is -0.560. The van der Waals surface area contributed by atoms with Gasteiger partial charge in [-0.15, -0.1) is 0 Å². The molecule has 33 heavy (non-hydrogen) atoms. The smallest absolute Gasteiger partial charge is 0.408 e. The van der Waals surface area contributed by atoms with Gasteiger partial charge in [-0.1, -0.05) is 44.2 Å². The number of hydrogen-bond donors (Lipinski definition) is 1. The van der Waals surface area contributed by atoms with Gasteiger partial charge in [0.1, 0.15) is 24.0 Å². The Labute approximate surface area is 191 Å². The molecule has 1 heterocycles. The first-order valence-corrected chi connectivity index (χ1v) is 11.1. The maximum Gasteiger partial charge on any atom is 0.408 e. The summed E-state index contributed by atoms with van der Waals surface area (Å²) in [6.07, 6.45) is 1.79. The normalized spacial score (nSPS) is 13.6. The van der Waals surface area contributed by atoms with Gasteiger partial charge in [0.05, 0.1) is 0 Å². The van der Waals surface area contributed by atoms with Gasteiger partial charge in [-0.05, 0) is 55.4 Å². The van der Waals surface area contributed by atoms with E-state index in [-0.39, 0.29) is 18.2 Å². The molecule has 172 valence electrons. The van der Waals surface area contributed by atoms with E-state index in [4.69, 9.17) is 13.9 Å². The topological polar surface area (TPSA) is 94.8 Å².